The van der Waals surface area contributed by atoms with Crippen molar-refractivity contribution in [3.05, 3.63) is 28.7 Å². The van der Waals surface area contributed by atoms with Crippen molar-refractivity contribution in [2.24, 2.45) is 5.92 Å². The van der Waals surface area contributed by atoms with Crippen molar-refractivity contribution in [1.29, 1.82) is 5.26 Å². The van der Waals surface area contributed by atoms with E-state index in [1.807, 2.05) is 26.0 Å². The average Bonchev–Trinajstić information content (AvgIpc) is 2.37. The van der Waals surface area contributed by atoms with Crippen LogP contribution in [0.3, 0.4) is 0 Å². The summed E-state index contributed by atoms with van der Waals surface area (Å²) in [4.78, 5) is 11.8. The molecule has 0 bridgehead atoms. The molecular formula is C14H17BrN2O2. The SMILES string of the molecule is CC(C)[C@](C)(C#N)NC(=O)COc1ccc(Br)cc1. The van der Waals surface area contributed by atoms with Crippen molar-refractivity contribution in [2.75, 3.05) is 6.61 Å². The van der Waals surface area contributed by atoms with Gasteiger partial charge in [0.25, 0.3) is 5.91 Å². The van der Waals surface area contributed by atoms with E-state index in [0.717, 1.165) is 4.47 Å². The Morgan fingerprint density at radius 2 is 2.05 bits per heavy atom. The second-order valence-corrected chi connectivity index (χ2v) is 5.68. The van der Waals surface area contributed by atoms with E-state index >= 15 is 0 Å². The molecule has 0 saturated heterocycles. The summed E-state index contributed by atoms with van der Waals surface area (Å²) in [6.07, 6.45) is 0. The van der Waals surface area contributed by atoms with Crippen molar-refractivity contribution in [2.45, 2.75) is 26.3 Å². The van der Waals surface area contributed by atoms with Crippen LogP contribution >= 0.6 is 15.9 Å². The number of amides is 1. The zero-order valence-corrected chi connectivity index (χ0v) is 12.8. The van der Waals surface area contributed by atoms with Crippen LogP contribution in [0.5, 0.6) is 5.75 Å². The smallest absolute Gasteiger partial charge is 0.259 e. The maximum atomic E-state index is 11.8. The number of carbonyl (C=O) groups excluding carboxylic acids is 1. The van der Waals surface area contributed by atoms with Crippen molar-refractivity contribution in [3.63, 3.8) is 0 Å². The first-order valence-corrected chi connectivity index (χ1v) is 6.77. The molecule has 0 aliphatic heterocycles. The summed E-state index contributed by atoms with van der Waals surface area (Å²) in [6, 6.07) is 9.32. The molecule has 5 heteroatoms. The highest BCUT2D eigenvalue weighted by Crippen LogP contribution is 2.17. The monoisotopic (exact) mass is 324 g/mol. The minimum Gasteiger partial charge on any atom is -0.484 e. The van der Waals surface area contributed by atoms with Crippen LogP contribution in [0, 0.1) is 17.2 Å². The van der Waals surface area contributed by atoms with E-state index in [1.165, 1.54) is 0 Å². The maximum absolute atomic E-state index is 11.8. The summed E-state index contributed by atoms with van der Waals surface area (Å²) in [6.45, 7) is 5.37. The predicted octanol–water partition coefficient (Wildman–Crippen LogP) is 2.88. The van der Waals surface area contributed by atoms with Crippen LogP contribution in [0.4, 0.5) is 0 Å². The third kappa shape index (κ3) is 4.56. The topological polar surface area (TPSA) is 62.1 Å². The van der Waals surface area contributed by atoms with Gasteiger partial charge in [0.15, 0.2) is 6.61 Å². The van der Waals surface area contributed by atoms with Crippen LogP contribution in [-0.4, -0.2) is 18.1 Å². The first-order valence-electron chi connectivity index (χ1n) is 5.98. The molecule has 0 radical (unpaired) electrons. The van der Waals surface area contributed by atoms with Gasteiger partial charge < -0.3 is 10.1 Å². The molecule has 0 aliphatic carbocycles. The first-order chi connectivity index (χ1) is 8.87. The van der Waals surface area contributed by atoms with Crippen LogP contribution < -0.4 is 10.1 Å². The lowest BCUT2D eigenvalue weighted by Gasteiger charge is -2.27. The van der Waals surface area contributed by atoms with Crippen molar-refractivity contribution in [1.82, 2.24) is 5.32 Å². The van der Waals surface area contributed by atoms with Crippen molar-refractivity contribution >= 4 is 21.8 Å². The second-order valence-electron chi connectivity index (χ2n) is 4.76. The van der Waals surface area contributed by atoms with E-state index in [1.54, 1.807) is 19.1 Å². The van der Waals surface area contributed by atoms with E-state index in [4.69, 9.17) is 10.00 Å². The molecular weight excluding hydrogens is 308 g/mol. The molecule has 0 fully saturated rings. The van der Waals surface area contributed by atoms with Gasteiger partial charge in [0, 0.05) is 4.47 Å². The average molecular weight is 325 g/mol. The standard InChI is InChI=1S/C14H17BrN2O2/c1-10(2)14(3,9-16)17-13(18)8-19-12-6-4-11(15)5-7-12/h4-7,10H,8H2,1-3H3,(H,17,18)/t14-/m0/s1. The molecule has 1 rings (SSSR count). The zero-order valence-electron chi connectivity index (χ0n) is 11.2. The van der Waals surface area contributed by atoms with Crippen LogP contribution in [0.15, 0.2) is 28.7 Å². The largest absolute Gasteiger partial charge is 0.484 e. The second kappa shape index (κ2) is 6.58. The van der Waals surface area contributed by atoms with Crippen LogP contribution in [-0.2, 0) is 4.79 Å². The summed E-state index contributed by atoms with van der Waals surface area (Å²) in [5.74, 6) is 0.330. The Morgan fingerprint density at radius 1 is 1.47 bits per heavy atom. The van der Waals surface area contributed by atoms with Crippen LogP contribution in [0.2, 0.25) is 0 Å². The molecule has 0 unspecified atom stereocenters. The van der Waals surface area contributed by atoms with Crippen LogP contribution in [0.1, 0.15) is 20.8 Å². The van der Waals surface area contributed by atoms with Gasteiger partial charge in [-0.1, -0.05) is 29.8 Å². The molecule has 4 nitrogen and oxygen atoms in total. The van der Waals surface area contributed by atoms with E-state index in [-0.39, 0.29) is 18.4 Å². The number of nitriles is 1. The molecule has 0 saturated carbocycles. The van der Waals surface area contributed by atoms with Gasteiger partial charge in [-0.05, 0) is 37.1 Å². The highest BCUT2D eigenvalue weighted by atomic mass is 79.9. The third-order valence-electron chi connectivity index (χ3n) is 2.97. The molecule has 1 amide bonds. The Labute approximate surface area is 121 Å². The fourth-order valence-electron chi connectivity index (χ4n) is 1.31. The highest BCUT2D eigenvalue weighted by Gasteiger charge is 2.29. The van der Waals surface area contributed by atoms with Gasteiger partial charge in [-0.25, -0.2) is 0 Å². The summed E-state index contributed by atoms with van der Waals surface area (Å²) in [5.41, 5.74) is -0.875. The first kappa shape index (κ1) is 15.5. The summed E-state index contributed by atoms with van der Waals surface area (Å²) < 4.78 is 6.30. The maximum Gasteiger partial charge on any atom is 0.259 e. The van der Waals surface area contributed by atoms with Gasteiger partial charge in [0.2, 0.25) is 0 Å². The summed E-state index contributed by atoms with van der Waals surface area (Å²) in [7, 11) is 0. The molecule has 1 aromatic carbocycles. The summed E-state index contributed by atoms with van der Waals surface area (Å²) >= 11 is 3.32. The van der Waals surface area contributed by atoms with Gasteiger partial charge >= 0.3 is 0 Å². The number of hydrogen-bond acceptors (Lipinski definition) is 3. The Hall–Kier alpha value is -1.54. The molecule has 102 valence electrons. The highest BCUT2D eigenvalue weighted by molar-refractivity contribution is 9.10. The molecule has 0 aliphatic rings. The van der Waals surface area contributed by atoms with Crippen molar-refractivity contribution < 1.29 is 9.53 Å². The number of benzene rings is 1. The molecule has 1 atom stereocenters. The number of nitrogens with zero attached hydrogens (tertiary/aromatic N) is 1. The third-order valence-corrected chi connectivity index (χ3v) is 3.50. The predicted molar refractivity (Wildman–Crippen MR) is 76.6 cm³/mol. The summed E-state index contributed by atoms with van der Waals surface area (Å²) in [5, 5.41) is 11.8. The Kier molecular flexibility index (Phi) is 5.37. The van der Waals surface area contributed by atoms with E-state index in [0.29, 0.717) is 5.75 Å². The minimum atomic E-state index is -0.875. The van der Waals surface area contributed by atoms with E-state index in [2.05, 4.69) is 27.3 Å². The van der Waals surface area contributed by atoms with Crippen molar-refractivity contribution in [3.8, 4) is 11.8 Å². The fourth-order valence-corrected chi connectivity index (χ4v) is 1.57. The molecule has 1 aromatic rings. The van der Waals surface area contributed by atoms with Crippen LogP contribution in [0.25, 0.3) is 0 Å². The number of ether oxygens (including phenoxy) is 1. The molecule has 1 N–H and O–H groups in total. The number of carbonyl (C=O) groups is 1. The Bertz CT molecular complexity index is 479. The zero-order chi connectivity index (χ0) is 14.5. The van der Waals surface area contributed by atoms with Gasteiger partial charge in [0.05, 0.1) is 6.07 Å². The minimum absolute atomic E-state index is 0.0223. The Morgan fingerprint density at radius 3 is 2.53 bits per heavy atom. The fraction of sp³-hybridized carbons (Fsp3) is 0.429. The lowest BCUT2D eigenvalue weighted by atomic mass is 9.90. The van der Waals surface area contributed by atoms with Gasteiger partial charge in [-0.2, -0.15) is 5.26 Å². The normalized spacial score (nSPS) is 13.5. The van der Waals surface area contributed by atoms with Gasteiger partial charge in [0.1, 0.15) is 11.3 Å². The lowest BCUT2D eigenvalue weighted by Crippen LogP contribution is -2.50. The lowest BCUT2D eigenvalue weighted by molar-refractivity contribution is -0.124. The quantitative estimate of drug-likeness (QED) is 0.905. The van der Waals surface area contributed by atoms with Gasteiger partial charge in [-0.3, -0.25) is 4.79 Å². The van der Waals surface area contributed by atoms with E-state index < -0.39 is 5.54 Å². The van der Waals surface area contributed by atoms with E-state index in [9.17, 15) is 4.79 Å². The number of rotatable bonds is 5. The Balaban J connectivity index is 2.53. The molecule has 0 spiro atoms. The molecule has 0 aromatic heterocycles. The number of nitrogens with one attached hydrogen (secondary N) is 1. The molecule has 0 heterocycles. The number of halogens is 1. The van der Waals surface area contributed by atoms with Gasteiger partial charge in [-0.15, -0.1) is 0 Å². The number of hydrogen-bond donors (Lipinski definition) is 1. The molecule has 19 heavy (non-hydrogen) atoms.